The summed E-state index contributed by atoms with van der Waals surface area (Å²) in [6, 6.07) is 2.02. The largest absolute Gasteiger partial charge is 0.412 e. The zero-order chi connectivity index (χ0) is 16.9. The second-order valence-electron chi connectivity index (χ2n) is 7.52. The van der Waals surface area contributed by atoms with Crippen molar-refractivity contribution in [2.24, 2.45) is 5.92 Å². The van der Waals surface area contributed by atoms with E-state index >= 15 is 0 Å². The van der Waals surface area contributed by atoms with Crippen molar-refractivity contribution >= 4 is 17.0 Å². The maximum Gasteiger partial charge on any atom is 0.116 e. The van der Waals surface area contributed by atoms with Gasteiger partial charge in [0.2, 0.25) is 0 Å². The zero-order valence-electron chi connectivity index (χ0n) is 15.9. The standard InChI is InChI=1S/C20H34NO2.BrH.H2O/c1-5-6-7-8-10-17(14-22)15-23-20-13-18-11-9-12-19(20)21(18,4)16(2)3;;/h5-8,10,16-20,22H,1,9,11-15H2,2-4H3;1H;1H2/q+1;;/b7-6-,10-8+;;. The summed E-state index contributed by atoms with van der Waals surface area (Å²) >= 11 is 0. The average molecular weight is 419 g/mol. The monoisotopic (exact) mass is 418 g/mol. The molecule has 3 N–H and O–H groups in total. The number of hydrogen-bond acceptors (Lipinski definition) is 2. The van der Waals surface area contributed by atoms with E-state index in [9.17, 15) is 5.11 Å². The van der Waals surface area contributed by atoms with Crippen molar-refractivity contribution < 1.29 is 19.8 Å². The summed E-state index contributed by atoms with van der Waals surface area (Å²) in [6.07, 6.45) is 15.0. The molecule has 2 saturated heterocycles. The van der Waals surface area contributed by atoms with Crippen LogP contribution in [0.1, 0.15) is 39.5 Å². The van der Waals surface area contributed by atoms with Gasteiger partial charge in [-0.1, -0.05) is 37.0 Å². The number of aliphatic hydroxyl groups is 1. The summed E-state index contributed by atoms with van der Waals surface area (Å²) in [5.74, 6) is 0.0720. The van der Waals surface area contributed by atoms with Crippen molar-refractivity contribution in [2.75, 3.05) is 20.3 Å². The van der Waals surface area contributed by atoms with Gasteiger partial charge in [0.1, 0.15) is 12.1 Å². The predicted molar refractivity (Wildman–Crippen MR) is 110 cm³/mol. The van der Waals surface area contributed by atoms with Crippen LogP contribution < -0.4 is 0 Å². The molecule has 2 fully saturated rings. The Hall–Kier alpha value is -0.460. The first-order valence-corrected chi connectivity index (χ1v) is 9.07. The third kappa shape index (κ3) is 5.51. The molecule has 5 atom stereocenters. The minimum atomic E-state index is 0. The SMILES string of the molecule is Br.C=C/C=C\C=C\C(CO)COC1CC2CCCC1[N+]2(C)C(C)C.O. The van der Waals surface area contributed by atoms with Crippen LogP contribution in [-0.4, -0.2) is 59.6 Å². The number of quaternary nitrogens is 1. The fourth-order valence-electron chi connectivity index (χ4n) is 4.47. The van der Waals surface area contributed by atoms with Gasteiger partial charge >= 0.3 is 0 Å². The smallest absolute Gasteiger partial charge is 0.116 e. The summed E-state index contributed by atoms with van der Waals surface area (Å²) in [5.41, 5.74) is 0. The molecule has 0 spiro atoms. The molecule has 0 aliphatic carbocycles. The number of piperidine rings is 1. The molecule has 25 heavy (non-hydrogen) atoms. The Morgan fingerprint density at radius 3 is 2.52 bits per heavy atom. The van der Waals surface area contributed by atoms with E-state index in [1.165, 1.54) is 30.2 Å². The molecule has 5 heteroatoms. The molecule has 0 aromatic heterocycles. The third-order valence-corrected chi connectivity index (χ3v) is 6.09. The van der Waals surface area contributed by atoms with E-state index in [2.05, 4.69) is 27.5 Å². The van der Waals surface area contributed by atoms with E-state index in [0.29, 0.717) is 24.8 Å². The number of hydrogen-bond donors (Lipinski definition) is 1. The van der Waals surface area contributed by atoms with Crippen molar-refractivity contribution in [3.05, 3.63) is 37.0 Å². The van der Waals surface area contributed by atoms with Crippen molar-refractivity contribution in [1.29, 1.82) is 0 Å². The van der Waals surface area contributed by atoms with Gasteiger partial charge in [-0.25, -0.2) is 0 Å². The lowest BCUT2D eigenvalue weighted by Gasteiger charge is -2.48. The third-order valence-electron chi connectivity index (χ3n) is 6.09. The van der Waals surface area contributed by atoms with Crippen LogP contribution in [0.5, 0.6) is 0 Å². The molecule has 0 radical (unpaired) electrons. The van der Waals surface area contributed by atoms with E-state index in [1.54, 1.807) is 6.08 Å². The molecule has 0 saturated carbocycles. The second kappa shape index (κ2) is 11.3. The summed E-state index contributed by atoms with van der Waals surface area (Å²) < 4.78 is 7.47. The molecule has 2 aliphatic heterocycles. The topological polar surface area (TPSA) is 61.0 Å². The fraction of sp³-hybridized carbons (Fsp3) is 0.700. The molecule has 2 rings (SSSR count). The Balaban J connectivity index is 0.00000288. The number of rotatable bonds is 8. The molecule has 0 aromatic carbocycles. The molecule has 2 aliphatic rings. The molecule has 146 valence electrons. The van der Waals surface area contributed by atoms with Gasteiger partial charge in [-0.3, -0.25) is 0 Å². The first-order valence-electron chi connectivity index (χ1n) is 9.07. The van der Waals surface area contributed by atoms with Crippen molar-refractivity contribution in [3.8, 4) is 0 Å². The highest BCUT2D eigenvalue weighted by atomic mass is 79.9. The highest BCUT2D eigenvalue weighted by Crippen LogP contribution is 2.44. The number of fused-ring (bicyclic) bond motifs is 2. The van der Waals surface area contributed by atoms with Gasteiger partial charge < -0.3 is 19.8 Å². The maximum atomic E-state index is 9.56. The number of likely N-dealkylation sites (N-methyl/N-ethyl adjacent to an activating group) is 1. The Morgan fingerprint density at radius 1 is 1.24 bits per heavy atom. The highest BCUT2D eigenvalue weighted by molar-refractivity contribution is 8.93. The van der Waals surface area contributed by atoms with Crippen molar-refractivity contribution in [1.82, 2.24) is 0 Å². The normalized spacial score (nSPS) is 32.6. The Morgan fingerprint density at radius 2 is 1.96 bits per heavy atom. The predicted octanol–water partition coefficient (Wildman–Crippen LogP) is 3.21. The quantitative estimate of drug-likeness (QED) is 0.485. The van der Waals surface area contributed by atoms with Crippen LogP contribution >= 0.6 is 17.0 Å². The van der Waals surface area contributed by atoms with E-state index in [0.717, 1.165) is 6.04 Å². The fourth-order valence-corrected chi connectivity index (χ4v) is 4.47. The first kappa shape index (κ1) is 24.5. The van der Waals surface area contributed by atoms with Gasteiger partial charge in [0, 0.05) is 18.8 Å². The van der Waals surface area contributed by atoms with Crippen molar-refractivity contribution in [2.45, 2.75) is 63.8 Å². The Bertz CT molecular complexity index is 452. The van der Waals surface area contributed by atoms with Crippen LogP contribution in [0.15, 0.2) is 37.0 Å². The minimum Gasteiger partial charge on any atom is -0.412 e. The molecular formula is C20H37BrNO3+. The molecule has 2 heterocycles. The molecule has 0 amide bonds. The highest BCUT2D eigenvalue weighted by Gasteiger charge is 2.56. The molecular weight excluding hydrogens is 382 g/mol. The number of nitrogens with zero attached hydrogens (tertiary/aromatic N) is 1. The maximum absolute atomic E-state index is 9.56. The molecule has 2 bridgehead atoms. The number of halogens is 1. The molecule has 5 unspecified atom stereocenters. The number of ether oxygens (including phenoxy) is 1. The van der Waals surface area contributed by atoms with Gasteiger partial charge in [-0.05, 0) is 26.7 Å². The van der Waals surface area contributed by atoms with E-state index in [4.69, 9.17) is 4.74 Å². The summed E-state index contributed by atoms with van der Waals surface area (Å²) in [4.78, 5) is 0. The molecule has 4 nitrogen and oxygen atoms in total. The number of aliphatic hydroxyl groups excluding tert-OH is 1. The van der Waals surface area contributed by atoms with Crippen LogP contribution in [0.3, 0.4) is 0 Å². The van der Waals surface area contributed by atoms with Crippen molar-refractivity contribution in [3.63, 3.8) is 0 Å². The van der Waals surface area contributed by atoms with E-state index in [1.807, 2.05) is 24.3 Å². The van der Waals surface area contributed by atoms with Crippen LogP contribution in [0.25, 0.3) is 0 Å². The summed E-state index contributed by atoms with van der Waals surface area (Å²) in [6.45, 7) is 9.09. The molecule has 0 aromatic rings. The van der Waals surface area contributed by atoms with Crippen LogP contribution in [0, 0.1) is 5.92 Å². The minimum absolute atomic E-state index is 0. The lowest BCUT2D eigenvalue weighted by molar-refractivity contribution is -0.968. The summed E-state index contributed by atoms with van der Waals surface area (Å²) in [7, 11) is 2.42. The summed E-state index contributed by atoms with van der Waals surface area (Å²) in [5, 5.41) is 9.56. The van der Waals surface area contributed by atoms with Gasteiger partial charge in [0.05, 0.1) is 32.3 Å². The van der Waals surface area contributed by atoms with Crippen LogP contribution in [0.4, 0.5) is 0 Å². The average Bonchev–Trinajstić information content (AvgIpc) is 2.69. The zero-order valence-corrected chi connectivity index (χ0v) is 17.6. The lowest BCUT2D eigenvalue weighted by Crippen LogP contribution is -2.61. The Kier molecular flexibility index (Phi) is 11.1. The Labute approximate surface area is 163 Å². The van der Waals surface area contributed by atoms with Gasteiger partial charge in [0.25, 0.3) is 0 Å². The van der Waals surface area contributed by atoms with Crippen LogP contribution in [-0.2, 0) is 4.74 Å². The van der Waals surface area contributed by atoms with E-state index in [-0.39, 0.29) is 35.0 Å². The van der Waals surface area contributed by atoms with Gasteiger partial charge in [-0.15, -0.1) is 17.0 Å². The van der Waals surface area contributed by atoms with Crippen LogP contribution in [0.2, 0.25) is 0 Å². The number of allylic oxidation sites excluding steroid dienone is 4. The second-order valence-corrected chi connectivity index (χ2v) is 7.52. The van der Waals surface area contributed by atoms with E-state index < -0.39 is 0 Å². The van der Waals surface area contributed by atoms with Gasteiger partial charge in [0.15, 0.2) is 0 Å². The lowest BCUT2D eigenvalue weighted by atomic mass is 9.97. The first-order chi connectivity index (χ1) is 11.0. The van der Waals surface area contributed by atoms with Gasteiger partial charge in [-0.2, -0.15) is 0 Å².